The molecule has 3 aliphatic heterocycles. The lowest BCUT2D eigenvalue weighted by Gasteiger charge is -2.40. The second-order valence-electron chi connectivity index (χ2n) is 7.46. The monoisotopic (exact) mass is 352 g/mol. The SMILES string of the molecule is O=C(Cn1cnc2c1CCNC21CCOCC1)N1CCc2ccccc21. The Morgan fingerprint density at radius 3 is 2.96 bits per heavy atom. The second-order valence-corrected chi connectivity index (χ2v) is 7.46. The topological polar surface area (TPSA) is 59.4 Å². The van der Waals surface area contributed by atoms with Crippen molar-refractivity contribution in [2.24, 2.45) is 0 Å². The van der Waals surface area contributed by atoms with Gasteiger partial charge in [0.1, 0.15) is 6.54 Å². The molecule has 0 bridgehead atoms. The van der Waals surface area contributed by atoms with Crippen LogP contribution in [0.25, 0.3) is 0 Å². The zero-order valence-electron chi connectivity index (χ0n) is 14.9. The van der Waals surface area contributed by atoms with Gasteiger partial charge in [0.2, 0.25) is 5.91 Å². The summed E-state index contributed by atoms with van der Waals surface area (Å²) in [6, 6.07) is 8.20. The van der Waals surface area contributed by atoms with Crippen molar-refractivity contribution in [2.45, 2.75) is 37.8 Å². The Bertz CT molecular complexity index is 838. The molecule has 1 amide bonds. The fourth-order valence-electron chi connectivity index (χ4n) is 4.67. The predicted octanol–water partition coefficient (Wildman–Crippen LogP) is 1.62. The lowest BCUT2D eigenvalue weighted by Crippen LogP contribution is -2.51. The number of ether oxygens (including phenoxy) is 1. The summed E-state index contributed by atoms with van der Waals surface area (Å²) in [5.74, 6) is 0.148. The highest BCUT2D eigenvalue weighted by Crippen LogP contribution is 2.36. The number of nitrogens with zero attached hydrogens (tertiary/aromatic N) is 3. The molecule has 1 N–H and O–H groups in total. The van der Waals surface area contributed by atoms with E-state index in [-0.39, 0.29) is 11.4 Å². The molecule has 0 unspecified atom stereocenters. The maximum Gasteiger partial charge on any atom is 0.246 e. The number of hydrogen-bond donors (Lipinski definition) is 1. The number of anilines is 1. The van der Waals surface area contributed by atoms with Crippen LogP contribution in [0.5, 0.6) is 0 Å². The fraction of sp³-hybridized carbons (Fsp3) is 0.500. The molecular formula is C20H24N4O2. The molecule has 6 heteroatoms. The minimum atomic E-state index is -0.0691. The highest BCUT2D eigenvalue weighted by molar-refractivity contribution is 5.95. The van der Waals surface area contributed by atoms with E-state index < -0.39 is 0 Å². The van der Waals surface area contributed by atoms with Gasteiger partial charge in [-0.15, -0.1) is 0 Å². The van der Waals surface area contributed by atoms with E-state index in [9.17, 15) is 4.79 Å². The molecule has 6 nitrogen and oxygen atoms in total. The summed E-state index contributed by atoms with van der Waals surface area (Å²) < 4.78 is 7.61. The minimum Gasteiger partial charge on any atom is -0.381 e. The maximum absolute atomic E-state index is 13.0. The van der Waals surface area contributed by atoms with Gasteiger partial charge in [0.15, 0.2) is 0 Å². The Hall–Kier alpha value is -2.18. The van der Waals surface area contributed by atoms with Crippen molar-refractivity contribution in [3.05, 3.63) is 47.5 Å². The number of imidazole rings is 1. The molecule has 1 spiro atoms. The number of amides is 1. The standard InChI is InChI=1S/C20H24N4O2/c25-18(24-10-6-15-3-1-2-4-16(15)24)13-23-14-21-19-17(23)5-9-22-20(19)7-11-26-12-8-20/h1-4,14,22H,5-13H2. The lowest BCUT2D eigenvalue weighted by atomic mass is 9.82. The van der Waals surface area contributed by atoms with Crippen molar-refractivity contribution in [3.8, 4) is 0 Å². The number of benzene rings is 1. The van der Waals surface area contributed by atoms with Gasteiger partial charge in [-0.05, 0) is 30.9 Å². The van der Waals surface area contributed by atoms with Crippen LogP contribution >= 0.6 is 0 Å². The number of carbonyl (C=O) groups is 1. The van der Waals surface area contributed by atoms with E-state index in [2.05, 4.69) is 16.0 Å². The van der Waals surface area contributed by atoms with Gasteiger partial charge >= 0.3 is 0 Å². The number of carbonyl (C=O) groups excluding carboxylic acids is 1. The highest BCUT2D eigenvalue weighted by atomic mass is 16.5. The van der Waals surface area contributed by atoms with Crippen LogP contribution in [-0.2, 0) is 34.5 Å². The predicted molar refractivity (Wildman–Crippen MR) is 98.2 cm³/mol. The van der Waals surface area contributed by atoms with E-state index in [1.54, 1.807) is 0 Å². The molecule has 1 fully saturated rings. The van der Waals surface area contributed by atoms with Gasteiger partial charge in [-0.3, -0.25) is 4.79 Å². The molecule has 26 heavy (non-hydrogen) atoms. The molecule has 0 atom stereocenters. The van der Waals surface area contributed by atoms with Crippen molar-refractivity contribution in [1.29, 1.82) is 0 Å². The lowest BCUT2D eigenvalue weighted by molar-refractivity contribution is -0.119. The third kappa shape index (κ3) is 2.47. The molecule has 5 rings (SSSR count). The number of fused-ring (bicyclic) bond motifs is 3. The van der Waals surface area contributed by atoms with E-state index in [0.29, 0.717) is 6.54 Å². The van der Waals surface area contributed by atoms with Crippen LogP contribution in [0.3, 0.4) is 0 Å². The highest BCUT2D eigenvalue weighted by Gasteiger charge is 2.41. The Kier molecular flexibility index (Phi) is 3.83. The first kappa shape index (κ1) is 16.0. The molecule has 0 saturated carbocycles. The average molecular weight is 352 g/mol. The third-order valence-electron chi connectivity index (χ3n) is 6.06. The second kappa shape index (κ2) is 6.21. The number of para-hydroxylation sites is 1. The summed E-state index contributed by atoms with van der Waals surface area (Å²) >= 11 is 0. The van der Waals surface area contributed by atoms with Gasteiger partial charge in [-0.2, -0.15) is 0 Å². The molecule has 136 valence electrons. The number of hydrogen-bond acceptors (Lipinski definition) is 4. The van der Waals surface area contributed by atoms with E-state index in [0.717, 1.165) is 63.4 Å². The number of aromatic nitrogens is 2. The van der Waals surface area contributed by atoms with Crippen LogP contribution < -0.4 is 10.2 Å². The van der Waals surface area contributed by atoms with Gasteiger partial charge in [-0.25, -0.2) is 4.98 Å². The molecule has 3 aliphatic rings. The van der Waals surface area contributed by atoms with E-state index in [4.69, 9.17) is 9.72 Å². The normalized spacial score (nSPS) is 20.8. The molecule has 1 aromatic heterocycles. The molecule has 0 aliphatic carbocycles. The van der Waals surface area contributed by atoms with E-state index in [1.807, 2.05) is 29.4 Å². The molecule has 2 aromatic rings. The van der Waals surface area contributed by atoms with Crippen molar-refractivity contribution < 1.29 is 9.53 Å². The van der Waals surface area contributed by atoms with E-state index >= 15 is 0 Å². The van der Waals surface area contributed by atoms with Crippen molar-refractivity contribution >= 4 is 11.6 Å². The smallest absolute Gasteiger partial charge is 0.246 e. The Balaban J connectivity index is 1.40. The van der Waals surface area contributed by atoms with Crippen LogP contribution in [0.15, 0.2) is 30.6 Å². The molecule has 1 aromatic carbocycles. The molecule has 4 heterocycles. The first-order valence-electron chi connectivity index (χ1n) is 9.52. The Morgan fingerprint density at radius 1 is 1.23 bits per heavy atom. The molecule has 0 radical (unpaired) electrons. The van der Waals surface area contributed by atoms with Gasteiger partial charge in [0, 0.05) is 44.1 Å². The summed E-state index contributed by atoms with van der Waals surface area (Å²) in [4.78, 5) is 19.6. The van der Waals surface area contributed by atoms with Crippen molar-refractivity contribution in [2.75, 3.05) is 31.2 Å². The quantitative estimate of drug-likeness (QED) is 0.892. The summed E-state index contributed by atoms with van der Waals surface area (Å²) in [5, 5.41) is 3.67. The van der Waals surface area contributed by atoms with E-state index in [1.165, 1.54) is 11.3 Å². The van der Waals surface area contributed by atoms with Crippen molar-refractivity contribution in [1.82, 2.24) is 14.9 Å². The van der Waals surface area contributed by atoms with Gasteiger partial charge in [0.05, 0.1) is 17.6 Å². The summed E-state index contributed by atoms with van der Waals surface area (Å²) in [5.41, 5.74) is 4.60. The molecule has 1 saturated heterocycles. The van der Waals surface area contributed by atoms with Crippen LogP contribution in [0.1, 0.15) is 29.8 Å². The first-order chi connectivity index (χ1) is 12.8. The zero-order valence-corrected chi connectivity index (χ0v) is 14.9. The fourth-order valence-corrected chi connectivity index (χ4v) is 4.67. The van der Waals surface area contributed by atoms with Gasteiger partial charge < -0.3 is 19.5 Å². The van der Waals surface area contributed by atoms with Gasteiger partial charge in [0.25, 0.3) is 0 Å². The molecular weight excluding hydrogens is 328 g/mol. The minimum absolute atomic E-state index is 0.0691. The van der Waals surface area contributed by atoms with Gasteiger partial charge in [-0.1, -0.05) is 18.2 Å². The summed E-state index contributed by atoms with van der Waals surface area (Å²) in [6.45, 7) is 3.60. The van der Waals surface area contributed by atoms with Crippen LogP contribution in [0.4, 0.5) is 5.69 Å². The number of rotatable bonds is 2. The number of nitrogens with one attached hydrogen (secondary N) is 1. The van der Waals surface area contributed by atoms with Crippen LogP contribution in [0, 0.1) is 0 Å². The van der Waals surface area contributed by atoms with Crippen molar-refractivity contribution in [3.63, 3.8) is 0 Å². The Morgan fingerprint density at radius 2 is 2.08 bits per heavy atom. The van der Waals surface area contributed by atoms with Crippen LogP contribution in [-0.4, -0.2) is 41.8 Å². The Labute approximate surface area is 153 Å². The first-order valence-corrected chi connectivity index (χ1v) is 9.52. The zero-order chi connectivity index (χ0) is 17.6. The summed E-state index contributed by atoms with van der Waals surface area (Å²) in [6.07, 6.45) is 5.61. The van der Waals surface area contributed by atoms with Crippen LogP contribution in [0.2, 0.25) is 0 Å². The average Bonchev–Trinajstić information content (AvgIpc) is 3.28. The largest absolute Gasteiger partial charge is 0.381 e. The maximum atomic E-state index is 13.0. The summed E-state index contributed by atoms with van der Waals surface area (Å²) in [7, 11) is 0. The third-order valence-corrected chi connectivity index (χ3v) is 6.06.